The van der Waals surface area contributed by atoms with E-state index in [1.54, 1.807) is 12.1 Å². The third kappa shape index (κ3) is 3.62. The summed E-state index contributed by atoms with van der Waals surface area (Å²) in [6.07, 6.45) is 0. The molecule has 2 aromatic rings. The Labute approximate surface area is 118 Å². The van der Waals surface area contributed by atoms with Crippen LogP contribution in [0.1, 0.15) is 20.2 Å². The van der Waals surface area contributed by atoms with Crippen molar-refractivity contribution in [2.24, 2.45) is 0 Å². The summed E-state index contributed by atoms with van der Waals surface area (Å²) in [6.45, 7) is 3.77. The molecule has 2 rings (SSSR count). The van der Waals surface area contributed by atoms with Crippen LogP contribution in [0, 0.1) is 13.8 Å². The molecule has 7 heteroatoms. The molecule has 5 nitrogen and oxygen atoms in total. The smallest absolute Gasteiger partial charge is 0.261 e. The molecule has 0 unspecified atom stereocenters. The molecule has 2 N–H and O–H groups in total. The molecule has 0 aliphatic carbocycles. The van der Waals surface area contributed by atoms with Crippen LogP contribution in [-0.4, -0.2) is 23.3 Å². The highest BCUT2D eigenvalue weighted by atomic mass is 32.1. The van der Waals surface area contributed by atoms with Crippen LogP contribution in [0.25, 0.3) is 0 Å². The predicted octanol–water partition coefficient (Wildman–Crippen LogP) is 2.19. The quantitative estimate of drug-likeness (QED) is 0.908. The van der Waals surface area contributed by atoms with Gasteiger partial charge < -0.3 is 10.6 Å². The van der Waals surface area contributed by atoms with Crippen molar-refractivity contribution in [1.82, 2.24) is 10.3 Å². The number of thiophene rings is 1. The maximum Gasteiger partial charge on any atom is 0.261 e. The second-order valence-electron chi connectivity index (χ2n) is 3.87. The Bertz CT molecular complexity index is 571. The molecule has 100 valence electrons. The number of hydrogen-bond acceptors (Lipinski definition) is 5. The van der Waals surface area contributed by atoms with E-state index in [0.29, 0.717) is 10.0 Å². The largest absolute Gasteiger partial charge is 0.342 e. The fourth-order valence-corrected chi connectivity index (χ4v) is 2.82. The zero-order valence-electron chi connectivity index (χ0n) is 10.5. The molecule has 0 saturated heterocycles. The molecule has 0 fully saturated rings. The van der Waals surface area contributed by atoms with E-state index in [-0.39, 0.29) is 18.4 Å². The highest BCUT2D eigenvalue weighted by molar-refractivity contribution is 7.15. The second-order valence-corrected chi connectivity index (χ2v) is 6.02. The average Bonchev–Trinajstić information content (AvgIpc) is 2.98. The standard InChI is InChI=1S/C12H13N3O2S2/c1-7-8(2)19-12(14-7)15-10(16)6-13-11(17)9-4-3-5-18-9/h3-5H,6H2,1-2H3,(H,13,17)(H,14,15,16). The third-order valence-electron chi connectivity index (χ3n) is 2.43. The molecule has 0 aromatic carbocycles. The normalized spacial score (nSPS) is 10.2. The lowest BCUT2D eigenvalue weighted by molar-refractivity contribution is -0.115. The van der Waals surface area contributed by atoms with Gasteiger partial charge in [-0.15, -0.1) is 22.7 Å². The van der Waals surface area contributed by atoms with Gasteiger partial charge in [0, 0.05) is 4.88 Å². The Kier molecular flexibility index (Phi) is 4.28. The fourth-order valence-electron chi connectivity index (χ4n) is 1.35. The summed E-state index contributed by atoms with van der Waals surface area (Å²) in [6, 6.07) is 3.51. The van der Waals surface area contributed by atoms with Crippen molar-refractivity contribution in [3.05, 3.63) is 33.0 Å². The summed E-state index contributed by atoms with van der Waals surface area (Å²) in [5, 5.41) is 7.60. The van der Waals surface area contributed by atoms with Gasteiger partial charge in [0.05, 0.1) is 17.1 Å². The Morgan fingerprint density at radius 2 is 2.16 bits per heavy atom. The van der Waals surface area contributed by atoms with Gasteiger partial charge in [-0.25, -0.2) is 4.98 Å². The Hall–Kier alpha value is -1.73. The van der Waals surface area contributed by atoms with Crippen LogP contribution in [-0.2, 0) is 4.79 Å². The Morgan fingerprint density at radius 1 is 1.37 bits per heavy atom. The maximum absolute atomic E-state index is 11.7. The van der Waals surface area contributed by atoms with Crippen molar-refractivity contribution in [2.75, 3.05) is 11.9 Å². The van der Waals surface area contributed by atoms with E-state index in [4.69, 9.17) is 0 Å². The molecule has 0 saturated carbocycles. The van der Waals surface area contributed by atoms with Crippen molar-refractivity contribution in [1.29, 1.82) is 0 Å². The van der Waals surface area contributed by atoms with Gasteiger partial charge in [-0.2, -0.15) is 0 Å². The van der Waals surface area contributed by atoms with Gasteiger partial charge in [-0.1, -0.05) is 6.07 Å². The number of rotatable bonds is 4. The molecule has 0 spiro atoms. The van der Waals surface area contributed by atoms with E-state index < -0.39 is 0 Å². The number of thiazole rings is 1. The number of carbonyl (C=O) groups is 2. The monoisotopic (exact) mass is 295 g/mol. The molecular weight excluding hydrogens is 282 g/mol. The van der Waals surface area contributed by atoms with Gasteiger partial charge in [-0.3, -0.25) is 9.59 Å². The molecule has 2 heterocycles. The highest BCUT2D eigenvalue weighted by Gasteiger charge is 2.10. The van der Waals surface area contributed by atoms with Crippen molar-refractivity contribution < 1.29 is 9.59 Å². The average molecular weight is 295 g/mol. The molecule has 2 amide bonds. The zero-order chi connectivity index (χ0) is 13.8. The maximum atomic E-state index is 11.7. The first-order chi connectivity index (χ1) is 9.06. The molecule has 2 aromatic heterocycles. The van der Waals surface area contributed by atoms with Gasteiger partial charge in [0.1, 0.15) is 0 Å². The van der Waals surface area contributed by atoms with Gasteiger partial charge in [0.25, 0.3) is 5.91 Å². The first-order valence-electron chi connectivity index (χ1n) is 5.62. The number of carbonyl (C=O) groups excluding carboxylic acids is 2. The molecule has 0 bridgehead atoms. The van der Waals surface area contributed by atoms with Crippen LogP contribution in [0.3, 0.4) is 0 Å². The summed E-state index contributed by atoms with van der Waals surface area (Å²) in [5.41, 5.74) is 0.905. The highest BCUT2D eigenvalue weighted by Crippen LogP contribution is 2.20. The van der Waals surface area contributed by atoms with Crippen molar-refractivity contribution in [3.8, 4) is 0 Å². The topological polar surface area (TPSA) is 71.1 Å². The third-order valence-corrected chi connectivity index (χ3v) is 4.29. The van der Waals surface area contributed by atoms with Crippen LogP contribution in [0.4, 0.5) is 5.13 Å². The number of nitrogens with one attached hydrogen (secondary N) is 2. The van der Waals surface area contributed by atoms with E-state index >= 15 is 0 Å². The molecule has 19 heavy (non-hydrogen) atoms. The van der Waals surface area contributed by atoms with Crippen LogP contribution >= 0.6 is 22.7 Å². The van der Waals surface area contributed by atoms with Gasteiger partial charge in [0.15, 0.2) is 5.13 Å². The van der Waals surface area contributed by atoms with Gasteiger partial charge in [0.2, 0.25) is 5.91 Å². The van der Waals surface area contributed by atoms with Gasteiger partial charge >= 0.3 is 0 Å². The van der Waals surface area contributed by atoms with Crippen LogP contribution in [0.2, 0.25) is 0 Å². The lowest BCUT2D eigenvalue weighted by Crippen LogP contribution is -2.32. The summed E-state index contributed by atoms with van der Waals surface area (Å²) in [5.74, 6) is -0.518. The summed E-state index contributed by atoms with van der Waals surface area (Å²) >= 11 is 2.76. The number of hydrogen-bond donors (Lipinski definition) is 2. The first kappa shape index (κ1) is 13.7. The minimum absolute atomic E-state index is 0.0611. The molecular formula is C12H13N3O2S2. The van der Waals surface area contributed by atoms with Crippen molar-refractivity contribution >= 4 is 39.6 Å². The summed E-state index contributed by atoms with van der Waals surface area (Å²) in [7, 11) is 0. The SMILES string of the molecule is Cc1nc(NC(=O)CNC(=O)c2cccs2)sc1C. The molecule has 0 atom stereocenters. The number of aromatic nitrogens is 1. The first-order valence-corrected chi connectivity index (χ1v) is 7.31. The molecule has 0 aliphatic rings. The fraction of sp³-hybridized carbons (Fsp3) is 0.250. The van der Waals surface area contributed by atoms with E-state index in [1.165, 1.54) is 22.7 Å². The Morgan fingerprint density at radius 3 is 2.74 bits per heavy atom. The van der Waals surface area contributed by atoms with E-state index in [1.807, 2.05) is 19.2 Å². The predicted molar refractivity (Wildman–Crippen MR) is 76.9 cm³/mol. The van der Waals surface area contributed by atoms with E-state index in [0.717, 1.165) is 10.6 Å². The van der Waals surface area contributed by atoms with E-state index in [9.17, 15) is 9.59 Å². The van der Waals surface area contributed by atoms with Crippen LogP contribution < -0.4 is 10.6 Å². The minimum Gasteiger partial charge on any atom is -0.342 e. The summed E-state index contributed by atoms with van der Waals surface area (Å²) < 4.78 is 0. The molecule has 0 radical (unpaired) electrons. The van der Waals surface area contributed by atoms with Crippen LogP contribution in [0.5, 0.6) is 0 Å². The second kappa shape index (κ2) is 5.94. The summed E-state index contributed by atoms with van der Waals surface area (Å²) in [4.78, 5) is 29.1. The number of amides is 2. The molecule has 0 aliphatic heterocycles. The van der Waals surface area contributed by atoms with E-state index in [2.05, 4.69) is 15.6 Å². The number of aryl methyl sites for hydroxylation is 2. The lowest BCUT2D eigenvalue weighted by atomic mass is 10.4. The van der Waals surface area contributed by atoms with Crippen molar-refractivity contribution in [2.45, 2.75) is 13.8 Å². The lowest BCUT2D eigenvalue weighted by Gasteiger charge is -2.03. The van der Waals surface area contributed by atoms with Crippen molar-refractivity contribution in [3.63, 3.8) is 0 Å². The zero-order valence-corrected chi connectivity index (χ0v) is 12.2. The minimum atomic E-state index is -0.279. The Balaban J connectivity index is 1.83. The number of anilines is 1. The number of nitrogens with zero attached hydrogens (tertiary/aromatic N) is 1. The van der Waals surface area contributed by atoms with Gasteiger partial charge in [-0.05, 0) is 25.3 Å². The van der Waals surface area contributed by atoms with Crippen LogP contribution in [0.15, 0.2) is 17.5 Å².